The van der Waals surface area contributed by atoms with Gasteiger partial charge in [-0.3, -0.25) is 4.79 Å². The molecule has 0 aliphatic heterocycles. The van der Waals surface area contributed by atoms with Crippen molar-refractivity contribution in [3.05, 3.63) is 0 Å². The second-order valence-electron chi connectivity index (χ2n) is 2.86. The summed E-state index contributed by atoms with van der Waals surface area (Å²) in [5.74, 6) is -0.462. The Labute approximate surface area is 98.3 Å². The molecular formula is C7H14ClNO4S2. The first-order valence-electron chi connectivity index (χ1n) is 4.21. The second-order valence-corrected chi connectivity index (χ2v) is 6.69. The summed E-state index contributed by atoms with van der Waals surface area (Å²) in [5, 5.41) is 8.45. The zero-order chi connectivity index (χ0) is 11.9. The molecule has 0 unspecified atom stereocenters. The van der Waals surface area contributed by atoms with Crippen LogP contribution in [0.1, 0.15) is 0 Å². The molecule has 0 aromatic carbocycles. The van der Waals surface area contributed by atoms with Gasteiger partial charge in [-0.1, -0.05) is 0 Å². The number of aliphatic carboxylic acids is 1. The summed E-state index contributed by atoms with van der Waals surface area (Å²) in [6, 6.07) is -0.939. The van der Waals surface area contributed by atoms with E-state index in [0.29, 0.717) is 5.75 Å². The van der Waals surface area contributed by atoms with E-state index in [0.717, 1.165) is 0 Å². The predicted octanol–water partition coefficient (Wildman–Crippen LogP) is -0.215. The maximum absolute atomic E-state index is 11.2. The van der Waals surface area contributed by atoms with Crippen LogP contribution < -0.4 is 5.73 Å². The van der Waals surface area contributed by atoms with Crippen LogP contribution >= 0.6 is 23.4 Å². The number of rotatable bonds is 8. The highest BCUT2D eigenvalue weighted by Gasteiger charge is 2.13. The molecule has 0 heterocycles. The Balaban J connectivity index is 3.67. The molecule has 3 N–H and O–H groups in total. The lowest BCUT2D eigenvalue weighted by atomic mass is 10.4. The number of alkyl halides is 1. The van der Waals surface area contributed by atoms with Crippen molar-refractivity contribution in [1.29, 1.82) is 0 Å². The number of hydrogen-bond acceptors (Lipinski definition) is 5. The lowest BCUT2D eigenvalue weighted by Gasteiger charge is -2.05. The summed E-state index contributed by atoms with van der Waals surface area (Å²) in [5.41, 5.74) is 5.23. The highest BCUT2D eigenvalue weighted by molar-refractivity contribution is 8.00. The summed E-state index contributed by atoms with van der Waals surface area (Å²) in [7, 11) is -3.09. The van der Waals surface area contributed by atoms with E-state index in [4.69, 9.17) is 22.4 Å². The van der Waals surface area contributed by atoms with Gasteiger partial charge in [0.2, 0.25) is 0 Å². The van der Waals surface area contributed by atoms with Gasteiger partial charge in [0, 0.05) is 17.4 Å². The van der Waals surface area contributed by atoms with Crippen LogP contribution in [0.25, 0.3) is 0 Å². The number of carbonyl (C=O) groups is 1. The molecule has 90 valence electrons. The van der Waals surface area contributed by atoms with Gasteiger partial charge in [0.25, 0.3) is 0 Å². The molecule has 0 aliphatic rings. The molecule has 15 heavy (non-hydrogen) atoms. The quantitative estimate of drug-likeness (QED) is 0.470. The molecule has 0 fully saturated rings. The molecule has 0 amide bonds. The first kappa shape index (κ1) is 15.0. The monoisotopic (exact) mass is 275 g/mol. The fraction of sp³-hybridized carbons (Fsp3) is 0.857. The second kappa shape index (κ2) is 7.32. The average Bonchev–Trinajstić information content (AvgIpc) is 2.11. The van der Waals surface area contributed by atoms with E-state index in [1.165, 1.54) is 11.8 Å². The van der Waals surface area contributed by atoms with Gasteiger partial charge in [-0.05, 0) is 0 Å². The first-order valence-corrected chi connectivity index (χ1v) is 7.72. The standard InChI is InChI=1S/C7H14ClNO4S2/c8-1-3-15(12,13)4-2-14-5-6(9)7(10)11/h6H,1-5,9H2,(H,10,11)/t6-/m0/s1. The summed E-state index contributed by atoms with van der Waals surface area (Å²) in [6.07, 6.45) is 0. The molecule has 0 saturated carbocycles. The van der Waals surface area contributed by atoms with Crippen molar-refractivity contribution in [3.8, 4) is 0 Å². The fourth-order valence-corrected chi connectivity index (χ4v) is 3.88. The van der Waals surface area contributed by atoms with E-state index < -0.39 is 21.8 Å². The molecule has 8 heteroatoms. The number of hydrogen-bond donors (Lipinski definition) is 2. The van der Waals surface area contributed by atoms with Crippen molar-refractivity contribution in [2.75, 3.05) is 28.9 Å². The van der Waals surface area contributed by atoms with Crippen LogP contribution in [0.5, 0.6) is 0 Å². The lowest BCUT2D eigenvalue weighted by Crippen LogP contribution is -2.32. The van der Waals surface area contributed by atoms with Crippen molar-refractivity contribution >= 4 is 39.2 Å². The smallest absolute Gasteiger partial charge is 0.321 e. The summed E-state index contributed by atoms with van der Waals surface area (Å²) in [4.78, 5) is 10.3. The van der Waals surface area contributed by atoms with Crippen LogP contribution in [-0.2, 0) is 14.6 Å². The molecule has 0 aliphatic carbocycles. The van der Waals surface area contributed by atoms with Gasteiger partial charge < -0.3 is 10.8 Å². The fourth-order valence-electron chi connectivity index (χ4n) is 0.687. The van der Waals surface area contributed by atoms with Gasteiger partial charge in [0.05, 0.1) is 11.5 Å². The van der Waals surface area contributed by atoms with Gasteiger partial charge in [0.15, 0.2) is 9.84 Å². The van der Waals surface area contributed by atoms with Crippen molar-refractivity contribution < 1.29 is 18.3 Å². The Morgan fingerprint density at radius 3 is 2.53 bits per heavy atom. The van der Waals surface area contributed by atoms with Crippen LogP contribution in [0.3, 0.4) is 0 Å². The maximum atomic E-state index is 11.2. The minimum atomic E-state index is -3.09. The molecule has 1 atom stereocenters. The van der Waals surface area contributed by atoms with Crippen LogP contribution in [0, 0.1) is 0 Å². The zero-order valence-corrected chi connectivity index (χ0v) is 10.4. The average molecular weight is 276 g/mol. The minimum Gasteiger partial charge on any atom is -0.480 e. The predicted molar refractivity (Wildman–Crippen MR) is 62.3 cm³/mol. The van der Waals surface area contributed by atoms with Crippen LogP contribution in [0.15, 0.2) is 0 Å². The molecule has 0 saturated heterocycles. The third-order valence-electron chi connectivity index (χ3n) is 1.54. The summed E-state index contributed by atoms with van der Waals surface area (Å²) in [6.45, 7) is 0. The van der Waals surface area contributed by atoms with E-state index in [2.05, 4.69) is 0 Å². The zero-order valence-electron chi connectivity index (χ0n) is 8.06. The number of carboxylic acids is 1. The third-order valence-corrected chi connectivity index (χ3v) is 4.95. The van der Waals surface area contributed by atoms with Crippen LogP contribution in [-0.4, -0.2) is 54.4 Å². The highest BCUT2D eigenvalue weighted by atomic mass is 35.5. The molecule has 5 nitrogen and oxygen atoms in total. The van der Waals surface area contributed by atoms with E-state index in [9.17, 15) is 13.2 Å². The Kier molecular flexibility index (Phi) is 7.33. The van der Waals surface area contributed by atoms with Gasteiger partial charge in [-0.25, -0.2) is 8.42 Å². The van der Waals surface area contributed by atoms with Crippen molar-refractivity contribution in [3.63, 3.8) is 0 Å². The number of carboxylic acid groups (broad SMARTS) is 1. The normalized spacial score (nSPS) is 13.7. The topological polar surface area (TPSA) is 97.5 Å². The Morgan fingerprint density at radius 1 is 1.47 bits per heavy atom. The molecule has 0 radical (unpaired) electrons. The number of thioether (sulfide) groups is 1. The van der Waals surface area contributed by atoms with E-state index in [-0.39, 0.29) is 23.1 Å². The third kappa shape index (κ3) is 7.89. The number of sulfone groups is 1. The first-order chi connectivity index (χ1) is 6.89. The Morgan fingerprint density at radius 2 is 2.07 bits per heavy atom. The van der Waals surface area contributed by atoms with E-state index >= 15 is 0 Å². The van der Waals surface area contributed by atoms with Crippen molar-refractivity contribution in [2.45, 2.75) is 6.04 Å². The van der Waals surface area contributed by atoms with Gasteiger partial charge in [-0.15, -0.1) is 11.6 Å². The Hall–Kier alpha value is 0.0200. The largest absolute Gasteiger partial charge is 0.480 e. The van der Waals surface area contributed by atoms with Gasteiger partial charge in [0.1, 0.15) is 6.04 Å². The van der Waals surface area contributed by atoms with E-state index in [1.807, 2.05) is 0 Å². The van der Waals surface area contributed by atoms with E-state index in [1.54, 1.807) is 0 Å². The van der Waals surface area contributed by atoms with Crippen LogP contribution in [0.4, 0.5) is 0 Å². The van der Waals surface area contributed by atoms with Gasteiger partial charge in [-0.2, -0.15) is 11.8 Å². The van der Waals surface area contributed by atoms with Crippen molar-refractivity contribution in [2.24, 2.45) is 5.73 Å². The summed E-state index contributed by atoms with van der Waals surface area (Å²) >= 11 is 6.52. The molecular weight excluding hydrogens is 262 g/mol. The molecule has 0 aromatic rings. The van der Waals surface area contributed by atoms with Gasteiger partial charge >= 0.3 is 5.97 Å². The number of nitrogens with two attached hydrogens (primary N) is 1. The molecule has 0 aromatic heterocycles. The molecule has 0 bridgehead atoms. The Bertz CT molecular complexity index is 293. The minimum absolute atomic E-state index is 0.0106. The summed E-state index contributed by atoms with van der Waals surface area (Å²) < 4.78 is 22.3. The van der Waals surface area contributed by atoms with Crippen LogP contribution in [0.2, 0.25) is 0 Å². The molecule has 0 rings (SSSR count). The maximum Gasteiger partial charge on any atom is 0.321 e. The number of halogens is 1. The SMILES string of the molecule is N[C@@H](CSCCS(=O)(=O)CCCl)C(=O)O. The molecule has 0 spiro atoms. The van der Waals surface area contributed by atoms with Crippen molar-refractivity contribution in [1.82, 2.24) is 0 Å². The highest BCUT2D eigenvalue weighted by Crippen LogP contribution is 2.04. The lowest BCUT2D eigenvalue weighted by molar-refractivity contribution is -0.137.